The fourth-order valence-corrected chi connectivity index (χ4v) is 3.29. The Kier molecular flexibility index (Phi) is 6.06. The van der Waals surface area contributed by atoms with Gasteiger partial charge in [-0.05, 0) is 55.3 Å². The highest BCUT2D eigenvalue weighted by Gasteiger charge is 2.15. The van der Waals surface area contributed by atoms with Gasteiger partial charge in [-0.1, -0.05) is 12.1 Å². The Labute approximate surface area is 167 Å². The van der Waals surface area contributed by atoms with E-state index in [-0.39, 0.29) is 12.3 Å². The SMILES string of the molecule is COc1ccc(-c2nc(C(=O)OCC(=O)Nc3cc(C)ccc3C)cs2)cc1. The van der Waals surface area contributed by atoms with Gasteiger partial charge in [0, 0.05) is 16.6 Å². The van der Waals surface area contributed by atoms with Gasteiger partial charge in [-0.2, -0.15) is 0 Å². The number of aryl methyl sites for hydroxylation is 2. The van der Waals surface area contributed by atoms with Crippen LogP contribution in [0.5, 0.6) is 5.75 Å². The van der Waals surface area contributed by atoms with Crippen molar-refractivity contribution in [3.05, 3.63) is 64.7 Å². The number of nitrogens with zero attached hydrogens (tertiary/aromatic N) is 1. The van der Waals surface area contributed by atoms with Crippen molar-refractivity contribution in [2.75, 3.05) is 19.0 Å². The molecular formula is C21H20N2O4S. The molecular weight excluding hydrogens is 376 g/mol. The first-order chi connectivity index (χ1) is 13.5. The van der Waals surface area contributed by atoms with E-state index in [0.29, 0.717) is 10.7 Å². The average molecular weight is 396 g/mol. The summed E-state index contributed by atoms with van der Waals surface area (Å²) >= 11 is 1.33. The third kappa shape index (κ3) is 4.75. The van der Waals surface area contributed by atoms with Crippen molar-refractivity contribution in [1.82, 2.24) is 4.98 Å². The quantitative estimate of drug-likeness (QED) is 0.631. The van der Waals surface area contributed by atoms with E-state index in [1.165, 1.54) is 11.3 Å². The van der Waals surface area contributed by atoms with Gasteiger partial charge in [-0.3, -0.25) is 4.79 Å². The first-order valence-electron chi connectivity index (χ1n) is 8.60. The number of hydrogen-bond acceptors (Lipinski definition) is 6. The molecule has 0 aliphatic rings. The van der Waals surface area contributed by atoms with Crippen LogP contribution in [0.4, 0.5) is 5.69 Å². The smallest absolute Gasteiger partial charge is 0.358 e. The highest BCUT2D eigenvalue weighted by atomic mass is 32.1. The molecule has 1 heterocycles. The third-order valence-electron chi connectivity index (χ3n) is 4.05. The lowest BCUT2D eigenvalue weighted by atomic mass is 10.1. The number of rotatable bonds is 6. The number of aromatic nitrogens is 1. The first kappa shape index (κ1) is 19.6. The fraction of sp³-hybridized carbons (Fsp3) is 0.190. The molecule has 0 bridgehead atoms. The maximum Gasteiger partial charge on any atom is 0.358 e. The standard InChI is InChI=1S/C21H20N2O4S/c1-13-4-5-14(2)17(10-13)22-19(24)11-27-21(25)18-12-28-20(23-18)15-6-8-16(26-3)9-7-15/h4-10,12H,11H2,1-3H3,(H,22,24). The van der Waals surface area contributed by atoms with Gasteiger partial charge in [0.2, 0.25) is 0 Å². The number of nitrogens with one attached hydrogen (secondary N) is 1. The first-order valence-corrected chi connectivity index (χ1v) is 9.48. The van der Waals surface area contributed by atoms with Crippen LogP contribution in [0.15, 0.2) is 47.8 Å². The number of benzene rings is 2. The van der Waals surface area contributed by atoms with Gasteiger partial charge in [0.1, 0.15) is 10.8 Å². The molecule has 0 aliphatic heterocycles. The molecule has 0 saturated heterocycles. The zero-order chi connectivity index (χ0) is 20.1. The van der Waals surface area contributed by atoms with Crippen molar-refractivity contribution in [1.29, 1.82) is 0 Å². The number of amides is 1. The zero-order valence-corrected chi connectivity index (χ0v) is 16.6. The molecule has 28 heavy (non-hydrogen) atoms. The lowest BCUT2D eigenvalue weighted by molar-refractivity contribution is -0.119. The van der Waals surface area contributed by atoms with Gasteiger partial charge in [-0.25, -0.2) is 9.78 Å². The fourth-order valence-electron chi connectivity index (χ4n) is 2.50. The molecule has 3 rings (SSSR count). The van der Waals surface area contributed by atoms with E-state index in [4.69, 9.17) is 9.47 Å². The molecule has 0 aliphatic carbocycles. The summed E-state index contributed by atoms with van der Waals surface area (Å²) in [6.07, 6.45) is 0. The van der Waals surface area contributed by atoms with E-state index < -0.39 is 11.9 Å². The topological polar surface area (TPSA) is 77.5 Å². The predicted molar refractivity (Wildman–Crippen MR) is 109 cm³/mol. The molecule has 0 fully saturated rings. The summed E-state index contributed by atoms with van der Waals surface area (Å²) in [5.41, 5.74) is 3.73. The number of esters is 1. The number of carbonyl (C=O) groups is 2. The minimum Gasteiger partial charge on any atom is -0.497 e. The van der Waals surface area contributed by atoms with Crippen LogP contribution in [0.3, 0.4) is 0 Å². The highest BCUT2D eigenvalue weighted by Crippen LogP contribution is 2.26. The minimum atomic E-state index is -0.632. The largest absolute Gasteiger partial charge is 0.497 e. The molecule has 0 saturated carbocycles. The van der Waals surface area contributed by atoms with Gasteiger partial charge >= 0.3 is 5.97 Å². The van der Waals surface area contributed by atoms with Crippen molar-refractivity contribution in [2.24, 2.45) is 0 Å². The number of hydrogen-bond donors (Lipinski definition) is 1. The van der Waals surface area contributed by atoms with Crippen molar-refractivity contribution < 1.29 is 19.1 Å². The second-order valence-electron chi connectivity index (χ2n) is 6.21. The number of methoxy groups -OCH3 is 1. The maximum atomic E-state index is 12.2. The molecule has 0 radical (unpaired) electrons. The van der Waals surface area contributed by atoms with E-state index in [9.17, 15) is 9.59 Å². The maximum absolute atomic E-state index is 12.2. The number of ether oxygens (including phenoxy) is 2. The van der Waals surface area contributed by atoms with Crippen LogP contribution in [0, 0.1) is 13.8 Å². The van der Waals surface area contributed by atoms with Gasteiger partial charge in [0.15, 0.2) is 12.3 Å². The Hall–Kier alpha value is -3.19. The molecule has 1 amide bonds. The van der Waals surface area contributed by atoms with Crippen molar-refractivity contribution in [2.45, 2.75) is 13.8 Å². The van der Waals surface area contributed by atoms with Gasteiger partial charge in [0.25, 0.3) is 5.91 Å². The van der Waals surface area contributed by atoms with E-state index in [1.54, 1.807) is 12.5 Å². The number of thiazole rings is 1. The van der Waals surface area contributed by atoms with E-state index in [1.807, 2.05) is 56.3 Å². The molecule has 1 N–H and O–H groups in total. The van der Waals surface area contributed by atoms with Crippen molar-refractivity contribution in [3.63, 3.8) is 0 Å². The van der Waals surface area contributed by atoms with Crippen molar-refractivity contribution >= 4 is 28.9 Å². The van der Waals surface area contributed by atoms with Crippen molar-refractivity contribution in [3.8, 4) is 16.3 Å². The summed E-state index contributed by atoms with van der Waals surface area (Å²) in [7, 11) is 1.60. The molecule has 0 atom stereocenters. The average Bonchev–Trinajstić information content (AvgIpc) is 3.19. The summed E-state index contributed by atoms with van der Waals surface area (Å²) < 4.78 is 10.2. The van der Waals surface area contributed by atoms with E-state index in [0.717, 1.165) is 22.4 Å². The van der Waals surface area contributed by atoms with Crippen LogP contribution in [0.1, 0.15) is 21.6 Å². The van der Waals surface area contributed by atoms with Gasteiger partial charge in [0.05, 0.1) is 7.11 Å². The summed E-state index contributed by atoms with van der Waals surface area (Å²) in [5.74, 6) is -0.283. The lowest BCUT2D eigenvalue weighted by Gasteiger charge is -2.09. The van der Waals surface area contributed by atoms with Crippen LogP contribution in [0.2, 0.25) is 0 Å². The monoisotopic (exact) mass is 396 g/mol. The molecule has 7 heteroatoms. The summed E-state index contributed by atoms with van der Waals surface area (Å²) in [6, 6.07) is 13.1. The summed E-state index contributed by atoms with van der Waals surface area (Å²) in [5, 5.41) is 5.06. The molecule has 0 spiro atoms. The highest BCUT2D eigenvalue weighted by molar-refractivity contribution is 7.13. The molecule has 0 unspecified atom stereocenters. The normalized spacial score (nSPS) is 10.4. The Morgan fingerprint density at radius 3 is 2.57 bits per heavy atom. The van der Waals surface area contributed by atoms with Gasteiger partial charge in [-0.15, -0.1) is 11.3 Å². The molecule has 6 nitrogen and oxygen atoms in total. The van der Waals surface area contributed by atoms with E-state index in [2.05, 4.69) is 10.3 Å². The second-order valence-corrected chi connectivity index (χ2v) is 7.07. The molecule has 1 aromatic heterocycles. The summed E-state index contributed by atoms with van der Waals surface area (Å²) in [6.45, 7) is 3.47. The molecule has 3 aromatic rings. The Morgan fingerprint density at radius 2 is 1.86 bits per heavy atom. The zero-order valence-electron chi connectivity index (χ0n) is 15.8. The predicted octanol–water partition coefficient (Wildman–Crippen LogP) is 4.23. The number of anilines is 1. The van der Waals surface area contributed by atoms with E-state index >= 15 is 0 Å². The van der Waals surface area contributed by atoms with Crippen LogP contribution >= 0.6 is 11.3 Å². The Bertz CT molecular complexity index is 996. The molecule has 144 valence electrons. The Morgan fingerprint density at radius 1 is 1.11 bits per heavy atom. The third-order valence-corrected chi connectivity index (χ3v) is 4.94. The van der Waals surface area contributed by atoms with Crippen LogP contribution < -0.4 is 10.1 Å². The molecule has 2 aromatic carbocycles. The second kappa shape index (κ2) is 8.67. The van der Waals surface area contributed by atoms with Crippen LogP contribution in [-0.2, 0) is 9.53 Å². The Balaban J connectivity index is 1.58. The van der Waals surface area contributed by atoms with Crippen LogP contribution in [-0.4, -0.2) is 30.6 Å². The number of carbonyl (C=O) groups excluding carboxylic acids is 2. The lowest BCUT2D eigenvalue weighted by Crippen LogP contribution is -2.21. The van der Waals surface area contributed by atoms with Gasteiger partial charge < -0.3 is 14.8 Å². The summed E-state index contributed by atoms with van der Waals surface area (Å²) in [4.78, 5) is 28.6. The van der Waals surface area contributed by atoms with Crippen LogP contribution in [0.25, 0.3) is 10.6 Å². The minimum absolute atomic E-state index is 0.176.